The average molecular weight is 495 g/mol. The molecule has 3 heterocycles. The maximum absolute atomic E-state index is 9.94. The van der Waals surface area contributed by atoms with E-state index in [0.717, 1.165) is 67.2 Å². The van der Waals surface area contributed by atoms with E-state index in [1.165, 1.54) is 0 Å². The van der Waals surface area contributed by atoms with E-state index in [4.69, 9.17) is 21.3 Å². The van der Waals surface area contributed by atoms with Gasteiger partial charge in [-0.2, -0.15) is 0 Å². The van der Waals surface area contributed by atoms with Crippen molar-refractivity contribution in [1.82, 2.24) is 19.9 Å². The van der Waals surface area contributed by atoms with Gasteiger partial charge in [-0.1, -0.05) is 18.5 Å². The van der Waals surface area contributed by atoms with Crippen LogP contribution in [0.4, 0.5) is 17.3 Å². The Kier molecular flexibility index (Phi) is 6.53. The average Bonchev–Trinajstić information content (AvgIpc) is 3.21. The first-order valence-corrected chi connectivity index (χ1v) is 12.3. The number of ether oxygens (including phenoxy) is 1. The van der Waals surface area contributed by atoms with E-state index in [9.17, 15) is 5.11 Å². The Morgan fingerprint density at radius 2 is 1.97 bits per heavy atom. The molecule has 1 aliphatic carbocycles. The van der Waals surface area contributed by atoms with Crippen LogP contribution in [0.1, 0.15) is 24.6 Å². The summed E-state index contributed by atoms with van der Waals surface area (Å²) in [7, 11) is 3.78. The van der Waals surface area contributed by atoms with Crippen LogP contribution in [-0.4, -0.2) is 71.9 Å². The van der Waals surface area contributed by atoms with Gasteiger partial charge in [0.2, 0.25) is 5.95 Å². The Morgan fingerprint density at radius 1 is 1.17 bits per heavy atom. The number of nitrogens with one attached hydrogen (secondary N) is 1. The molecule has 35 heavy (non-hydrogen) atoms. The third kappa shape index (κ3) is 4.66. The second kappa shape index (κ2) is 9.60. The molecule has 1 aliphatic heterocycles. The van der Waals surface area contributed by atoms with Gasteiger partial charge in [-0.15, -0.1) is 0 Å². The Morgan fingerprint density at radius 3 is 2.71 bits per heavy atom. The van der Waals surface area contributed by atoms with Crippen LogP contribution in [0.2, 0.25) is 5.02 Å². The summed E-state index contributed by atoms with van der Waals surface area (Å²) in [6.45, 7) is 6.01. The summed E-state index contributed by atoms with van der Waals surface area (Å²) in [6, 6.07) is 7.80. The largest absolute Gasteiger partial charge is 0.494 e. The quantitative estimate of drug-likeness (QED) is 0.533. The molecular weight excluding hydrogens is 464 g/mol. The van der Waals surface area contributed by atoms with Gasteiger partial charge in [0.25, 0.3) is 0 Å². The number of likely N-dealkylation sites (N-methyl/N-ethyl adjacent to an activating group) is 1. The molecule has 1 saturated heterocycles. The first kappa shape index (κ1) is 23.8. The summed E-state index contributed by atoms with van der Waals surface area (Å²) in [5.74, 6) is 1.12. The Balaban J connectivity index is 1.41. The van der Waals surface area contributed by atoms with Crippen LogP contribution < -0.4 is 15.0 Å². The van der Waals surface area contributed by atoms with E-state index in [2.05, 4.69) is 45.1 Å². The number of piperazine rings is 1. The summed E-state index contributed by atoms with van der Waals surface area (Å²) < 4.78 is 5.68. The molecule has 0 spiro atoms. The first-order chi connectivity index (χ1) is 16.9. The fraction of sp³-hybridized carbons (Fsp3) is 0.423. The maximum Gasteiger partial charge on any atom is 0.227 e. The van der Waals surface area contributed by atoms with Crippen LogP contribution in [0.5, 0.6) is 5.75 Å². The Bertz CT molecular complexity index is 1230. The number of methoxy groups -OCH3 is 1. The van der Waals surface area contributed by atoms with E-state index in [-0.39, 0.29) is 12.0 Å². The zero-order valence-electron chi connectivity index (χ0n) is 20.4. The van der Waals surface area contributed by atoms with Crippen LogP contribution in [0.25, 0.3) is 11.3 Å². The van der Waals surface area contributed by atoms with Crippen LogP contribution in [-0.2, 0) is 11.8 Å². The van der Waals surface area contributed by atoms with Crippen LogP contribution in [0.3, 0.4) is 0 Å². The molecule has 0 radical (unpaired) electrons. The minimum absolute atomic E-state index is 0.104. The molecule has 0 bridgehead atoms. The zero-order chi connectivity index (χ0) is 24.6. The van der Waals surface area contributed by atoms with Crippen molar-refractivity contribution in [2.24, 2.45) is 0 Å². The standard InChI is InChI=1S/C26H31ClN6O2/c1-26(16-34)6-4-21-18(26)12-17(15-29-21)20-5-7-28-25(30-20)31-22-13-19(27)23(14-24(22)35-3)33-10-8-32(2)9-11-33/h5,7,12-15,34H,4,6,8-11,16H2,1-3H3,(H,28,30,31). The van der Waals surface area contributed by atoms with Crippen LogP contribution in [0.15, 0.2) is 36.7 Å². The highest BCUT2D eigenvalue weighted by Gasteiger charge is 2.35. The molecule has 0 amide bonds. The number of hydrogen-bond donors (Lipinski definition) is 2. The van der Waals surface area contributed by atoms with Gasteiger partial charge in [-0.05, 0) is 43.7 Å². The highest BCUT2D eigenvalue weighted by Crippen LogP contribution is 2.40. The van der Waals surface area contributed by atoms with Gasteiger partial charge in [0, 0.05) is 61.3 Å². The van der Waals surface area contributed by atoms with E-state index in [0.29, 0.717) is 22.4 Å². The number of hydrogen-bond acceptors (Lipinski definition) is 8. The number of aliphatic hydroxyl groups excluding tert-OH is 1. The van der Waals surface area contributed by atoms with E-state index < -0.39 is 0 Å². The van der Waals surface area contributed by atoms with Crippen LogP contribution in [0, 0.1) is 0 Å². The van der Waals surface area contributed by atoms with E-state index in [1.807, 2.05) is 24.4 Å². The van der Waals surface area contributed by atoms with E-state index >= 15 is 0 Å². The summed E-state index contributed by atoms with van der Waals surface area (Å²) in [6.07, 6.45) is 5.34. The van der Waals surface area contributed by atoms with Crippen LogP contribution >= 0.6 is 11.6 Å². The van der Waals surface area contributed by atoms with Gasteiger partial charge < -0.3 is 25.0 Å². The number of nitrogens with zero attached hydrogens (tertiary/aromatic N) is 5. The van der Waals surface area contributed by atoms with Crippen molar-refractivity contribution >= 4 is 28.9 Å². The molecule has 2 N–H and O–H groups in total. The molecule has 2 aliphatic rings. The fourth-order valence-corrected chi connectivity index (χ4v) is 5.13. The first-order valence-electron chi connectivity index (χ1n) is 11.9. The fourth-order valence-electron chi connectivity index (χ4n) is 4.85. The molecule has 9 heteroatoms. The molecule has 5 rings (SSSR count). The molecule has 0 saturated carbocycles. The van der Waals surface area contributed by atoms with E-state index in [1.54, 1.807) is 13.3 Å². The third-order valence-corrected chi connectivity index (χ3v) is 7.50. The van der Waals surface area contributed by atoms with Gasteiger partial charge in [0.15, 0.2) is 0 Å². The molecule has 1 aromatic carbocycles. The number of anilines is 3. The van der Waals surface area contributed by atoms with Gasteiger partial charge in [-0.3, -0.25) is 4.98 Å². The van der Waals surface area contributed by atoms with Crippen molar-refractivity contribution in [3.63, 3.8) is 0 Å². The molecular formula is C26H31ClN6O2. The molecule has 1 atom stereocenters. The lowest BCUT2D eigenvalue weighted by molar-refractivity contribution is 0.206. The summed E-state index contributed by atoms with van der Waals surface area (Å²) >= 11 is 6.70. The highest BCUT2D eigenvalue weighted by atomic mass is 35.5. The number of aryl methyl sites for hydroxylation is 1. The number of halogens is 1. The lowest BCUT2D eigenvalue weighted by atomic mass is 9.85. The number of aliphatic hydroxyl groups is 1. The zero-order valence-corrected chi connectivity index (χ0v) is 21.1. The minimum atomic E-state index is -0.262. The van der Waals surface area contributed by atoms with Crippen molar-refractivity contribution in [3.8, 4) is 17.0 Å². The van der Waals surface area contributed by atoms with Crippen molar-refractivity contribution in [1.29, 1.82) is 0 Å². The Labute approximate surface area is 210 Å². The van der Waals surface area contributed by atoms with Gasteiger partial charge in [0.1, 0.15) is 5.75 Å². The summed E-state index contributed by atoms with van der Waals surface area (Å²) in [4.78, 5) is 18.4. The number of fused-ring (bicyclic) bond motifs is 1. The number of aromatic nitrogens is 3. The minimum Gasteiger partial charge on any atom is -0.494 e. The van der Waals surface area contributed by atoms with Gasteiger partial charge >= 0.3 is 0 Å². The highest BCUT2D eigenvalue weighted by molar-refractivity contribution is 6.33. The number of pyridine rings is 1. The lowest BCUT2D eigenvalue weighted by Gasteiger charge is -2.34. The second-order valence-electron chi connectivity index (χ2n) is 9.62. The molecule has 2 aromatic heterocycles. The molecule has 8 nitrogen and oxygen atoms in total. The van der Waals surface area contributed by atoms with Crippen molar-refractivity contribution < 1.29 is 9.84 Å². The second-order valence-corrected chi connectivity index (χ2v) is 10.0. The van der Waals surface area contributed by atoms with Crippen molar-refractivity contribution in [3.05, 3.63) is 52.9 Å². The molecule has 3 aromatic rings. The molecule has 1 unspecified atom stereocenters. The lowest BCUT2D eigenvalue weighted by Crippen LogP contribution is -2.44. The Hall–Kier alpha value is -2.94. The van der Waals surface area contributed by atoms with Crippen molar-refractivity contribution in [2.75, 3.05) is 57.2 Å². The van der Waals surface area contributed by atoms with Gasteiger partial charge in [0.05, 0.1) is 35.8 Å². The SMILES string of the molecule is COc1cc(N2CCN(C)CC2)c(Cl)cc1Nc1nccc(-c2cnc3c(c2)C(C)(CO)CC3)n1. The number of benzene rings is 1. The predicted molar refractivity (Wildman–Crippen MR) is 139 cm³/mol. The molecule has 1 fully saturated rings. The summed E-state index contributed by atoms with van der Waals surface area (Å²) in [5, 5.41) is 13.9. The topological polar surface area (TPSA) is 86.6 Å². The normalized spacial score (nSPS) is 20.1. The smallest absolute Gasteiger partial charge is 0.227 e. The third-order valence-electron chi connectivity index (χ3n) is 7.19. The summed E-state index contributed by atoms with van der Waals surface area (Å²) in [5.41, 5.74) is 5.20. The maximum atomic E-state index is 9.94. The monoisotopic (exact) mass is 494 g/mol. The molecule has 184 valence electrons. The van der Waals surface area contributed by atoms with Crippen molar-refractivity contribution in [2.45, 2.75) is 25.2 Å². The number of rotatable bonds is 6. The van der Waals surface area contributed by atoms with Gasteiger partial charge in [-0.25, -0.2) is 9.97 Å². The predicted octanol–water partition coefficient (Wildman–Crippen LogP) is 3.89.